The van der Waals surface area contributed by atoms with Crippen LogP contribution in [-0.2, 0) is 28.9 Å². The lowest BCUT2D eigenvalue weighted by Crippen LogP contribution is -2.40. The molecule has 6 nitrogen and oxygen atoms in total. The van der Waals surface area contributed by atoms with Crippen molar-refractivity contribution in [2.75, 3.05) is 30.1 Å². The third kappa shape index (κ3) is 7.47. The summed E-state index contributed by atoms with van der Waals surface area (Å²) in [5.41, 5.74) is -0.869. The van der Waals surface area contributed by atoms with Crippen LogP contribution in [0.3, 0.4) is 0 Å². The van der Waals surface area contributed by atoms with Crippen molar-refractivity contribution in [3.8, 4) is 0 Å². The van der Waals surface area contributed by atoms with Crippen molar-refractivity contribution in [1.82, 2.24) is 0 Å². The molecule has 1 saturated carbocycles. The van der Waals surface area contributed by atoms with Crippen LogP contribution in [0.4, 0.5) is 0 Å². The maximum atomic E-state index is 12.8. The fraction of sp³-hybridized carbons (Fsp3) is 0.889. The van der Waals surface area contributed by atoms with Crippen molar-refractivity contribution < 1.29 is 27.5 Å². The van der Waals surface area contributed by atoms with Crippen LogP contribution in [0.1, 0.15) is 59.3 Å². The molecule has 1 aliphatic carbocycles. The summed E-state index contributed by atoms with van der Waals surface area (Å²) in [6.07, 6.45) is 6.62. The molecule has 1 atom stereocenters. The highest BCUT2D eigenvalue weighted by molar-refractivity contribution is 7.99. The van der Waals surface area contributed by atoms with Crippen molar-refractivity contribution in [3.63, 3.8) is 0 Å². The third-order valence-corrected chi connectivity index (χ3v) is 7.09. The van der Waals surface area contributed by atoms with Crippen LogP contribution in [0.25, 0.3) is 0 Å². The van der Waals surface area contributed by atoms with E-state index in [1.165, 1.54) is 11.8 Å². The Kier molecular flexibility index (Phi) is 8.93. The lowest BCUT2D eigenvalue weighted by molar-refractivity contribution is -0.170. The summed E-state index contributed by atoms with van der Waals surface area (Å²) in [5.74, 6) is -0.402. The van der Waals surface area contributed by atoms with E-state index in [-0.39, 0.29) is 18.2 Å². The second-order valence-electron chi connectivity index (χ2n) is 7.39. The lowest BCUT2D eigenvalue weighted by Gasteiger charge is -2.34. The van der Waals surface area contributed by atoms with E-state index in [1.807, 2.05) is 13.8 Å². The van der Waals surface area contributed by atoms with Gasteiger partial charge < -0.3 is 9.47 Å². The fourth-order valence-electron chi connectivity index (χ4n) is 2.94. The van der Waals surface area contributed by atoms with Gasteiger partial charge in [-0.2, -0.15) is 11.8 Å². The van der Waals surface area contributed by atoms with Gasteiger partial charge in [0.05, 0.1) is 5.41 Å². The van der Waals surface area contributed by atoms with Crippen LogP contribution in [0.5, 0.6) is 0 Å². The standard InChI is InChI=1S/C18H32O6S2/c1-5-17(3,16(20)24-18(6-2)9-7-8-10-18)14-25-12-11-23-15(19)13-26(4,21)22/h5-14H2,1-4H3. The topological polar surface area (TPSA) is 86.7 Å². The first kappa shape index (κ1) is 23.3. The summed E-state index contributed by atoms with van der Waals surface area (Å²) in [7, 11) is -3.37. The zero-order valence-electron chi connectivity index (χ0n) is 16.3. The van der Waals surface area contributed by atoms with E-state index < -0.39 is 27.0 Å². The summed E-state index contributed by atoms with van der Waals surface area (Å²) < 4.78 is 32.9. The molecule has 0 aromatic rings. The Morgan fingerprint density at radius 2 is 1.81 bits per heavy atom. The van der Waals surface area contributed by atoms with Gasteiger partial charge in [0.15, 0.2) is 9.84 Å². The number of sulfone groups is 1. The van der Waals surface area contributed by atoms with E-state index in [2.05, 4.69) is 6.92 Å². The Balaban J connectivity index is 2.42. The maximum Gasteiger partial charge on any atom is 0.321 e. The molecule has 0 bridgehead atoms. The number of hydrogen-bond donors (Lipinski definition) is 0. The molecule has 1 aliphatic rings. The first-order valence-electron chi connectivity index (χ1n) is 9.20. The summed E-state index contributed by atoms with van der Waals surface area (Å²) in [5, 5.41) is 0. The number of hydrogen-bond acceptors (Lipinski definition) is 7. The summed E-state index contributed by atoms with van der Waals surface area (Å²) >= 11 is 1.51. The van der Waals surface area contributed by atoms with E-state index >= 15 is 0 Å². The molecule has 152 valence electrons. The molecule has 0 heterocycles. The molecule has 0 aromatic carbocycles. The minimum absolute atomic E-state index is 0.132. The fourth-order valence-corrected chi connectivity index (χ4v) is 4.57. The van der Waals surface area contributed by atoms with Gasteiger partial charge >= 0.3 is 11.9 Å². The van der Waals surface area contributed by atoms with Gasteiger partial charge in [0.1, 0.15) is 18.0 Å². The average molecular weight is 409 g/mol. The highest BCUT2D eigenvalue weighted by Crippen LogP contribution is 2.39. The first-order chi connectivity index (χ1) is 12.1. The zero-order valence-corrected chi connectivity index (χ0v) is 18.0. The van der Waals surface area contributed by atoms with Gasteiger partial charge in [-0.1, -0.05) is 13.8 Å². The molecule has 0 amide bonds. The number of esters is 2. The summed E-state index contributed by atoms with van der Waals surface area (Å²) in [6, 6.07) is 0. The van der Waals surface area contributed by atoms with Crippen LogP contribution in [0, 0.1) is 5.41 Å². The van der Waals surface area contributed by atoms with Gasteiger partial charge in [-0.15, -0.1) is 0 Å². The summed E-state index contributed by atoms with van der Waals surface area (Å²) in [4.78, 5) is 24.1. The van der Waals surface area contributed by atoms with Crippen molar-refractivity contribution in [1.29, 1.82) is 0 Å². The maximum absolute atomic E-state index is 12.8. The first-order valence-corrected chi connectivity index (χ1v) is 12.4. The van der Waals surface area contributed by atoms with E-state index in [9.17, 15) is 18.0 Å². The van der Waals surface area contributed by atoms with E-state index in [4.69, 9.17) is 9.47 Å². The molecule has 0 radical (unpaired) electrons. The molecule has 0 aromatic heterocycles. The molecule has 1 fully saturated rings. The molecule has 8 heteroatoms. The molecule has 1 rings (SSSR count). The van der Waals surface area contributed by atoms with Gasteiger partial charge in [0.2, 0.25) is 0 Å². The summed E-state index contributed by atoms with van der Waals surface area (Å²) in [6.45, 7) is 6.09. The lowest BCUT2D eigenvalue weighted by atomic mass is 9.89. The van der Waals surface area contributed by atoms with Gasteiger partial charge in [-0.05, 0) is 45.4 Å². The number of carbonyl (C=O) groups excluding carboxylic acids is 2. The number of rotatable bonds is 11. The number of thioether (sulfide) groups is 1. The van der Waals surface area contributed by atoms with Gasteiger partial charge in [0.25, 0.3) is 0 Å². The van der Waals surface area contributed by atoms with Crippen molar-refractivity contribution >= 4 is 33.5 Å². The molecular formula is C18H32O6S2. The largest absolute Gasteiger partial charge is 0.464 e. The highest BCUT2D eigenvalue weighted by Gasteiger charge is 2.41. The van der Waals surface area contributed by atoms with Gasteiger partial charge in [-0.25, -0.2) is 8.42 Å². The van der Waals surface area contributed by atoms with Crippen LogP contribution in [-0.4, -0.2) is 56.1 Å². The minimum atomic E-state index is -3.37. The van der Waals surface area contributed by atoms with Crippen molar-refractivity contribution in [2.45, 2.75) is 64.9 Å². The Bertz CT molecular complexity index is 580. The molecule has 26 heavy (non-hydrogen) atoms. The second-order valence-corrected chi connectivity index (χ2v) is 10.6. The smallest absolute Gasteiger partial charge is 0.321 e. The van der Waals surface area contributed by atoms with E-state index in [0.29, 0.717) is 17.9 Å². The predicted molar refractivity (Wildman–Crippen MR) is 104 cm³/mol. The number of carbonyl (C=O) groups is 2. The highest BCUT2D eigenvalue weighted by atomic mass is 32.2. The Morgan fingerprint density at radius 1 is 1.19 bits per heavy atom. The van der Waals surface area contributed by atoms with Crippen molar-refractivity contribution in [2.24, 2.45) is 5.41 Å². The van der Waals surface area contributed by atoms with Crippen LogP contribution < -0.4 is 0 Å². The molecule has 0 aliphatic heterocycles. The normalized spacial score (nSPS) is 18.9. The quantitative estimate of drug-likeness (QED) is 0.384. The van der Waals surface area contributed by atoms with E-state index in [0.717, 1.165) is 38.4 Å². The Morgan fingerprint density at radius 3 is 2.31 bits per heavy atom. The van der Waals surface area contributed by atoms with E-state index in [1.54, 1.807) is 0 Å². The monoisotopic (exact) mass is 408 g/mol. The number of ether oxygens (including phenoxy) is 2. The molecule has 0 spiro atoms. The van der Waals surface area contributed by atoms with Crippen LogP contribution in [0.15, 0.2) is 0 Å². The Hall–Kier alpha value is -0.760. The van der Waals surface area contributed by atoms with Crippen molar-refractivity contribution in [3.05, 3.63) is 0 Å². The average Bonchev–Trinajstić information content (AvgIpc) is 3.01. The van der Waals surface area contributed by atoms with Gasteiger partial charge in [0, 0.05) is 17.8 Å². The Labute approximate surface area is 161 Å². The minimum Gasteiger partial charge on any atom is -0.464 e. The molecule has 1 unspecified atom stereocenters. The third-order valence-electron chi connectivity index (χ3n) is 5.03. The molecular weight excluding hydrogens is 376 g/mol. The van der Waals surface area contributed by atoms with Crippen LogP contribution in [0.2, 0.25) is 0 Å². The van der Waals surface area contributed by atoms with Crippen LogP contribution >= 0.6 is 11.8 Å². The zero-order chi connectivity index (χ0) is 19.8. The molecule has 0 N–H and O–H groups in total. The SMILES string of the molecule is CCC1(OC(=O)C(C)(CC)CSCCOC(=O)CS(C)(=O)=O)CCCC1. The van der Waals surface area contributed by atoms with Gasteiger partial charge in [-0.3, -0.25) is 9.59 Å². The molecule has 0 saturated heterocycles. The predicted octanol–water partition coefficient (Wildman–Crippen LogP) is 2.99. The second kappa shape index (κ2) is 9.97.